The van der Waals surface area contributed by atoms with E-state index in [2.05, 4.69) is 20.9 Å². The average molecular weight is 274 g/mol. The van der Waals surface area contributed by atoms with Crippen molar-refractivity contribution in [3.8, 4) is 5.88 Å². The highest BCUT2D eigenvalue weighted by Gasteiger charge is 2.17. The van der Waals surface area contributed by atoms with Gasteiger partial charge in [-0.25, -0.2) is 4.98 Å². The zero-order chi connectivity index (χ0) is 11.5. The Labute approximate surface area is 98.6 Å². The zero-order valence-corrected chi connectivity index (χ0v) is 10.8. The van der Waals surface area contributed by atoms with Crippen LogP contribution in [0.4, 0.5) is 0 Å². The molecule has 0 aliphatic carbocycles. The SMILES string of the molecule is Cc1nc(OCC(C)(C)CO)ccc1Br. The summed E-state index contributed by atoms with van der Waals surface area (Å²) in [6, 6.07) is 3.72. The molecule has 0 saturated carbocycles. The van der Waals surface area contributed by atoms with Crippen LogP contribution in [0.1, 0.15) is 19.5 Å². The van der Waals surface area contributed by atoms with Crippen molar-refractivity contribution in [1.82, 2.24) is 4.98 Å². The number of hydrogen-bond donors (Lipinski definition) is 1. The van der Waals surface area contributed by atoms with Crippen molar-refractivity contribution in [3.05, 3.63) is 22.3 Å². The largest absolute Gasteiger partial charge is 0.477 e. The van der Waals surface area contributed by atoms with Gasteiger partial charge in [-0.3, -0.25) is 0 Å². The minimum Gasteiger partial charge on any atom is -0.477 e. The zero-order valence-electron chi connectivity index (χ0n) is 9.25. The van der Waals surface area contributed by atoms with Gasteiger partial charge in [0.15, 0.2) is 0 Å². The molecule has 0 bridgehead atoms. The Balaban J connectivity index is 2.62. The molecule has 1 heterocycles. The van der Waals surface area contributed by atoms with E-state index in [1.165, 1.54) is 0 Å². The molecule has 0 radical (unpaired) electrons. The molecule has 0 aliphatic rings. The number of ether oxygens (including phenoxy) is 1. The van der Waals surface area contributed by atoms with Crippen LogP contribution < -0.4 is 4.74 Å². The molecule has 0 aliphatic heterocycles. The van der Waals surface area contributed by atoms with E-state index in [-0.39, 0.29) is 12.0 Å². The van der Waals surface area contributed by atoms with Crippen LogP contribution in [0.2, 0.25) is 0 Å². The summed E-state index contributed by atoms with van der Waals surface area (Å²) in [5, 5.41) is 9.06. The van der Waals surface area contributed by atoms with Gasteiger partial charge in [0.1, 0.15) is 0 Å². The molecule has 1 rings (SSSR count). The standard InChI is InChI=1S/C11H16BrNO2/c1-8-9(12)4-5-10(13-8)15-7-11(2,3)6-14/h4-5,14H,6-7H2,1-3H3. The molecule has 1 aromatic rings. The van der Waals surface area contributed by atoms with Crippen molar-refractivity contribution in [2.45, 2.75) is 20.8 Å². The summed E-state index contributed by atoms with van der Waals surface area (Å²) in [7, 11) is 0. The van der Waals surface area contributed by atoms with Crippen LogP contribution in [0.3, 0.4) is 0 Å². The monoisotopic (exact) mass is 273 g/mol. The lowest BCUT2D eigenvalue weighted by molar-refractivity contribution is 0.0950. The topological polar surface area (TPSA) is 42.4 Å². The quantitative estimate of drug-likeness (QED) is 0.917. The fourth-order valence-electron chi connectivity index (χ4n) is 0.916. The van der Waals surface area contributed by atoms with E-state index in [9.17, 15) is 0 Å². The van der Waals surface area contributed by atoms with Gasteiger partial charge in [0.2, 0.25) is 5.88 Å². The lowest BCUT2D eigenvalue weighted by atomic mass is 9.97. The first kappa shape index (κ1) is 12.5. The Bertz CT molecular complexity index is 339. The third-order valence-corrected chi connectivity index (χ3v) is 2.87. The number of hydrogen-bond acceptors (Lipinski definition) is 3. The van der Waals surface area contributed by atoms with Gasteiger partial charge in [0.05, 0.1) is 18.9 Å². The molecule has 1 aromatic heterocycles. The number of aliphatic hydroxyl groups is 1. The van der Waals surface area contributed by atoms with Crippen LogP contribution in [0.15, 0.2) is 16.6 Å². The summed E-state index contributed by atoms with van der Waals surface area (Å²) < 4.78 is 6.47. The first-order valence-electron chi connectivity index (χ1n) is 4.81. The van der Waals surface area contributed by atoms with Crippen LogP contribution in [0.25, 0.3) is 0 Å². The van der Waals surface area contributed by atoms with E-state index in [1.807, 2.05) is 32.9 Å². The summed E-state index contributed by atoms with van der Waals surface area (Å²) in [5.41, 5.74) is 0.664. The molecule has 0 aromatic carbocycles. The Morgan fingerprint density at radius 1 is 1.47 bits per heavy atom. The highest BCUT2D eigenvalue weighted by Crippen LogP contribution is 2.20. The summed E-state index contributed by atoms with van der Waals surface area (Å²) >= 11 is 3.38. The van der Waals surface area contributed by atoms with E-state index >= 15 is 0 Å². The molecular weight excluding hydrogens is 258 g/mol. The molecule has 0 amide bonds. The Morgan fingerprint density at radius 2 is 2.13 bits per heavy atom. The molecule has 15 heavy (non-hydrogen) atoms. The lowest BCUT2D eigenvalue weighted by Gasteiger charge is -2.21. The smallest absolute Gasteiger partial charge is 0.213 e. The van der Waals surface area contributed by atoms with Crippen molar-refractivity contribution in [1.29, 1.82) is 0 Å². The van der Waals surface area contributed by atoms with Gasteiger partial charge in [-0.1, -0.05) is 13.8 Å². The predicted octanol–water partition coefficient (Wildman–Crippen LogP) is 2.55. The van der Waals surface area contributed by atoms with Crippen molar-refractivity contribution >= 4 is 15.9 Å². The molecule has 0 fully saturated rings. The second-order valence-corrected chi connectivity index (χ2v) is 5.18. The highest BCUT2D eigenvalue weighted by molar-refractivity contribution is 9.10. The normalized spacial score (nSPS) is 11.5. The first-order chi connectivity index (χ1) is 6.94. The van der Waals surface area contributed by atoms with Crippen molar-refractivity contribution in [2.24, 2.45) is 5.41 Å². The Kier molecular flexibility index (Phi) is 4.11. The number of nitrogens with zero attached hydrogens (tertiary/aromatic N) is 1. The van der Waals surface area contributed by atoms with Gasteiger partial charge >= 0.3 is 0 Å². The molecule has 4 heteroatoms. The number of halogens is 1. The van der Waals surface area contributed by atoms with Gasteiger partial charge in [0, 0.05) is 16.0 Å². The first-order valence-corrected chi connectivity index (χ1v) is 5.61. The van der Waals surface area contributed by atoms with E-state index in [0.29, 0.717) is 12.5 Å². The fraction of sp³-hybridized carbons (Fsp3) is 0.545. The van der Waals surface area contributed by atoms with E-state index in [4.69, 9.17) is 9.84 Å². The lowest BCUT2D eigenvalue weighted by Crippen LogP contribution is -2.25. The maximum atomic E-state index is 9.06. The molecule has 0 unspecified atom stereocenters. The van der Waals surface area contributed by atoms with E-state index in [1.54, 1.807) is 0 Å². The van der Waals surface area contributed by atoms with Crippen molar-refractivity contribution in [2.75, 3.05) is 13.2 Å². The van der Waals surface area contributed by atoms with Gasteiger partial charge in [0.25, 0.3) is 0 Å². The van der Waals surface area contributed by atoms with Crippen molar-refractivity contribution < 1.29 is 9.84 Å². The fourth-order valence-corrected chi connectivity index (χ4v) is 1.14. The van der Waals surface area contributed by atoms with Gasteiger partial charge in [-0.15, -0.1) is 0 Å². The summed E-state index contributed by atoms with van der Waals surface area (Å²) in [5.74, 6) is 0.595. The molecule has 3 nitrogen and oxygen atoms in total. The predicted molar refractivity (Wildman–Crippen MR) is 63.0 cm³/mol. The summed E-state index contributed by atoms with van der Waals surface area (Å²) in [6.45, 7) is 6.35. The minimum atomic E-state index is -0.233. The Morgan fingerprint density at radius 3 is 2.67 bits per heavy atom. The average Bonchev–Trinajstić information content (AvgIpc) is 2.20. The molecule has 1 N–H and O–H groups in total. The third-order valence-electron chi connectivity index (χ3n) is 2.03. The van der Waals surface area contributed by atoms with Crippen LogP contribution in [0.5, 0.6) is 5.88 Å². The van der Waals surface area contributed by atoms with Crippen LogP contribution >= 0.6 is 15.9 Å². The maximum absolute atomic E-state index is 9.06. The van der Waals surface area contributed by atoms with Crippen LogP contribution in [0, 0.1) is 12.3 Å². The maximum Gasteiger partial charge on any atom is 0.213 e. The second-order valence-electron chi connectivity index (χ2n) is 4.33. The summed E-state index contributed by atoms with van der Waals surface area (Å²) in [6.07, 6.45) is 0. The highest BCUT2D eigenvalue weighted by atomic mass is 79.9. The minimum absolute atomic E-state index is 0.0997. The number of aromatic nitrogens is 1. The number of aryl methyl sites for hydroxylation is 1. The molecule has 0 saturated heterocycles. The number of rotatable bonds is 4. The second kappa shape index (κ2) is 4.94. The van der Waals surface area contributed by atoms with Gasteiger partial charge in [-0.2, -0.15) is 0 Å². The van der Waals surface area contributed by atoms with Crippen LogP contribution in [-0.4, -0.2) is 23.3 Å². The summed E-state index contributed by atoms with van der Waals surface area (Å²) in [4.78, 5) is 4.26. The molecule has 84 valence electrons. The van der Waals surface area contributed by atoms with Crippen molar-refractivity contribution in [3.63, 3.8) is 0 Å². The molecular formula is C11H16BrNO2. The van der Waals surface area contributed by atoms with E-state index < -0.39 is 0 Å². The van der Waals surface area contributed by atoms with Gasteiger partial charge < -0.3 is 9.84 Å². The number of aliphatic hydroxyl groups excluding tert-OH is 1. The molecule has 0 spiro atoms. The van der Waals surface area contributed by atoms with Crippen LogP contribution in [-0.2, 0) is 0 Å². The number of pyridine rings is 1. The Hall–Kier alpha value is -0.610. The van der Waals surface area contributed by atoms with Gasteiger partial charge in [-0.05, 0) is 28.9 Å². The van der Waals surface area contributed by atoms with E-state index in [0.717, 1.165) is 10.2 Å². The third kappa shape index (κ3) is 3.80. The molecule has 0 atom stereocenters.